The van der Waals surface area contributed by atoms with Crippen LogP contribution in [0.2, 0.25) is 0 Å². The standard InChI is InChI=1S/C22H20N2O/c1-15(23)17-9-10-18-11-20(14-25)24(22(18)12-17)13-19-7-4-6-16-5-2-3-8-21(16)19/h2-12,14-15H,13,23H2,1H3. The Kier molecular flexibility index (Phi) is 3.86. The molecule has 0 aliphatic heterocycles. The number of hydrogen-bond acceptors (Lipinski definition) is 2. The van der Waals surface area contributed by atoms with E-state index in [1.807, 2.05) is 31.2 Å². The maximum absolute atomic E-state index is 11.6. The van der Waals surface area contributed by atoms with Gasteiger partial charge in [-0.3, -0.25) is 4.79 Å². The van der Waals surface area contributed by atoms with Crippen molar-refractivity contribution < 1.29 is 4.79 Å². The molecule has 4 aromatic rings. The highest BCUT2D eigenvalue weighted by atomic mass is 16.1. The van der Waals surface area contributed by atoms with Crippen LogP contribution in [0.3, 0.4) is 0 Å². The Labute approximate surface area is 146 Å². The smallest absolute Gasteiger partial charge is 0.166 e. The van der Waals surface area contributed by atoms with Gasteiger partial charge in [0.25, 0.3) is 0 Å². The number of aromatic nitrogens is 1. The van der Waals surface area contributed by atoms with Crippen LogP contribution in [-0.2, 0) is 6.54 Å². The summed E-state index contributed by atoms with van der Waals surface area (Å²) in [7, 11) is 0. The van der Waals surface area contributed by atoms with Crippen molar-refractivity contribution in [3.8, 4) is 0 Å². The molecule has 0 bridgehead atoms. The van der Waals surface area contributed by atoms with Crippen molar-refractivity contribution in [2.24, 2.45) is 5.73 Å². The molecule has 25 heavy (non-hydrogen) atoms. The zero-order valence-electron chi connectivity index (χ0n) is 14.1. The Morgan fingerprint density at radius 2 is 1.80 bits per heavy atom. The monoisotopic (exact) mass is 328 g/mol. The number of rotatable bonds is 4. The van der Waals surface area contributed by atoms with E-state index in [9.17, 15) is 4.79 Å². The summed E-state index contributed by atoms with van der Waals surface area (Å²) in [6.07, 6.45) is 0.927. The summed E-state index contributed by atoms with van der Waals surface area (Å²) < 4.78 is 2.08. The fourth-order valence-electron chi connectivity index (χ4n) is 3.45. The Morgan fingerprint density at radius 3 is 2.60 bits per heavy atom. The van der Waals surface area contributed by atoms with E-state index in [1.165, 1.54) is 16.3 Å². The number of nitrogens with zero attached hydrogens (tertiary/aromatic N) is 1. The second kappa shape index (κ2) is 6.19. The van der Waals surface area contributed by atoms with E-state index >= 15 is 0 Å². The van der Waals surface area contributed by atoms with Gasteiger partial charge >= 0.3 is 0 Å². The average molecular weight is 328 g/mol. The molecule has 1 aromatic heterocycles. The molecule has 0 fully saturated rings. The number of benzene rings is 3. The van der Waals surface area contributed by atoms with Crippen LogP contribution in [0.25, 0.3) is 21.7 Å². The fourth-order valence-corrected chi connectivity index (χ4v) is 3.45. The minimum atomic E-state index is -0.0370. The number of aldehydes is 1. The first-order valence-electron chi connectivity index (χ1n) is 8.48. The fraction of sp³-hybridized carbons (Fsp3) is 0.136. The van der Waals surface area contributed by atoms with E-state index in [4.69, 9.17) is 5.73 Å². The van der Waals surface area contributed by atoms with E-state index < -0.39 is 0 Å². The van der Waals surface area contributed by atoms with Gasteiger partial charge in [-0.05, 0) is 41.0 Å². The topological polar surface area (TPSA) is 48.0 Å². The summed E-state index contributed by atoms with van der Waals surface area (Å²) in [5.41, 5.74) is 10.0. The van der Waals surface area contributed by atoms with Crippen LogP contribution in [0, 0.1) is 0 Å². The third-order valence-electron chi connectivity index (χ3n) is 4.82. The van der Waals surface area contributed by atoms with Crippen molar-refractivity contribution in [1.82, 2.24) is 4.57 Å². The van der Waals surface area contributed by atoms with E-state index in [1.54, 1.807) is 0 Å². The molecule has 0 aliphatic rings. The van der Waals surface area contributed by atoms with Gasteiger partial charge in [0.15, 0.2) is 6.29 Å². The molecule has 0 saturated carbocycles. The van der Waals surface area contributed by atoms with Crippen molar-refractivity contribution in [2.45, 2.75) is 19.5 Å². The molecule has 124 valence electrons. The van der Waals surface area contributed by atoms with Crippen molar-refractivity contribution in [2.75, 3.05) is 0 Å². The summed E-state index contributed by atoms with van der Waals surface area (Å²) in [4.78, 5) is 11.6. The van der Waals surface area contributed by atoms with Crippen LogP contribution in [0.1, 0.15) is 34.6 Å². The van der Waals surface area contributed by atoms with Gasteiger partial charge in [0.05, 0.1) is 5.69 Å². The van der Waals surface area contributed by atoms with Crippen LogP contribution in [-0.4, -0.2) is 10.9 Å². The van der Waals surface area contributed by atoms with Gasteiger partial charge in [-0.15, -0.1) is 0 Å². The van der Waals surface area contributed by atoms with Crippen LogP contribution in [0.5, 0.6) is 0 Å². The van der Waals surface area contributed by atoms with Gasteiger partial charge < -0.3 is 10.3 Å². The zero-order chi connectivity index (χ0) is 17.4. The van der Waals surface area contributed by atoms with Gasteiger partial charge in [0, 0.05) is 23.5 Å². The summed E-state index contributed by atoms with van der Waals surface area (Å²) in [5, 5.41) is 3.49. The van der Waals surface area contributed by atoms with Gasteiger partial charge in [0.2, 0.25) is 0 Å². The number of fused-ring (bicyclic) bond motifs is 2. The molecular weight excluding hydrogens is 308 g/mol. The highest BCUT2D eigenvalue weighted by Gasteiger charge is 2.12. The van der Waals surface area contributed by atoms with Crippen molar-refractivity contribution in [3.05, 3.63) is 83.6 Å². The molecule has 1 heterocycles. The molecule has 0 aliphatic carbocycles. The van der Waals surface area contributed by atoms with E-state index in [-0.39, 0.29) is 6.04 Å². The minimum Gasteiger partial charge on any atom is -0.334 e. The third-order valence-corrected chi connectivity index (χ3v) is 4.82. The third kappa shape index (κ3) is 2.73. The molecule has 3 heteroatoms. The van der Waals surface area contributed by atoms with Gasteiger partial charge in [-0.1, -0.05) is 54.6 Å². The molecule has 1 unspecified atom stereocenters. The average Bonchev–Trinajstić information content (AvgIpc) is 2.99. The van der Waals surface area contributed by atoms with Crippen LogP contribution < -0.4 is 5.73 Å². The quantitative estimate of drug-likeness (QED) is 0.553. The number of nitrogens with two attached hydrogens (primary N) is 1. The summed E-state index contributed by atoms with van der Waals surface area (Å²) in [6, 6.07) is 22.7. The summed E-state index contributed by atoms with van der Waals surface area (Å²) in [5.74, 6) is 0. The summed E-state index contributed by atoms with van der Waals surface area (Å²) >= 11 is 0. The highest BCUT2D eigenvalue weighted by molar-refractivity contribution is 5.90. The lowest BCUT2D eigenvalue weighted by atomic mass is 10.0. The molecule has 0 saturated heterocycles. The Bertz CT molecular complexity index is 1070. The molecule has 3 aromatic carbocycles. The largest absolute Gasteiger partial charge is 0.334 e. The molecule has 3 nitrogen and oxygen atoms in total. The number of hydrogen-bond donors (Lipinski definition) is 1. The highest BCUT2D eigenvalue weighted by Crippen LogP contribution is 2.26. The van der Waals surface area contributed by atoms with Crippen LogP contribution in [0.4, 0.5) is 0 Å². The van der Waals surface area contributed by atoms with Gasteiger partial charge in [-0.25, -0.2) is 0 Å². The second-order valence-electron chi connectivity index (χ2n) is 6.52. The molecule has 0 spiro atoms. The second-order valence-corrected chi connectivity index (χ2v) is 6.52. The zero-order valence-corrected chi connectivity index (χ0v) is 14.1. The lowest BCUT2D eigenvalue weighted by Gasteiger charge is -2.12. The normalized spacial score (nSPS) is 12.6. The first-order chi connectivity index (χ1) is 12.2. The maximum atomic E-state index is 11.6. The number of carbonyl (C=O) groups is 1. The lowest BCUT2D eigenvalue weighted by molar-refractivity contribution is 0.111. The van der Waals surface area contributed by atoms with Gasteiger partial charge in [-0.2, -0.15) is 0 Å². The molecule has 4 rings (SSSR count). The van der Waals surface area contributed by atoms with Crippen LogP contribution >= 0.6 is 0 Å². The minimum absolute atomic E-state index is 0.0370. The van der Waals surface area contributed by atoms with Crippen molar-refractivity contribution in [1.29, 1.82) is 0 Å². The van der Waals surface area contributed by atoms with Crippen molar-refractivity contribution in [3.63, 3.8) is 0 Å². The van der Waals surface area contributed by atoms with E-state index in [0.717, 1.165) is 22.8 Å². The molecule has 1 atom stereocenters. The SMILES string of the molecule is CC(N)c1ccc2cc(C=O)n(Cc3cccc4ccccc34)c2c1. The first kappa shape index (κ1) is 15.6. The van der Waals surface area contributed by atoms with E-state index in [0.29, 0.717) is 12.2 Å². The van der Waals surface area contributed by atoms with Crippen LogP contribution in [0.15, 0.2) is 66.7 Å². The Hall–Kier alpha value is -2.91. The lowest BCUT2D eigenvalue weighted by Crippen LogP contribution is -2.07. The predicted molar refractivity (Wildman–Crippen MR) is 103 cm³/mol. The summed E-state index contributed by atoms with van der Waals surface area (Å²) in [6.45, 7) is 2.63. The molecule has 2 N–H and O–H groups in total. The molecular formula is C22H20N2O. The predicted octanol–water partition coefficient (Wildman–Crippen LogP) is 4.68. The maximum Gasteiger partial charge on any atom is 0.166 e. The molecule has 0 radical (unpaired) electrons. The Morgan fingerprint density at radius 1 is 1.00 bits per heavy atom. The van der Waals surface area contributed by atoms with Crippen molar-refractivity contribution >= 4 is 28.0 Å². The first-order valence-corrected chi connectivity index (χ1v) is 8.48. The molecule has 0 amide bonds. The van der Waals surface area contributed by atoms with Gasteiger partial charge in [0.1, 0.15) is 0 Å². The Balaban J connectivity index is 1.90. The number of carbonyl (C=O) groups excluding carboxylic acids is 1. The van der Waals surface area contributed by atoms with E-state index in [2.05, 4.69) is 47.0 Å².